The maximum Gasteiger partial charge on any atom is 0.144 e. The molecule has 0 atom stereocenters. The normalized spacial score (nSPS) is 15.5. The number of rotatable bonds is 5. The summed E-state index contributed by atoms with van der Waals surface area (Å²) in [6.07, 6.45) is 0.750. The summed E-state index contributed by atoms with van der Waals surface area (Å²) in [5, 5.41) is 4.71. The minimum absolute atomic E-state index is 0.0148. The van der Waals surface area contributed by atoms with Crippen LogP contribution in [0.15, 0.2) is 35.7 Å². The predicted molar refractivity (Wildman–Crippen MR) is 73.3 cm³/mol. The molecule has 19 heavy (non-hydrogen) atoms. The Labute approximate surface area is 112 Å². The third-order valence-corrected chi connectivity index (χ3v) is 2.98. The highest BCUT2D eigenvalue weighted by molar-refractivity contribution is 5.61. The predicted octanol–water partition coefficient (Wildman–Crippen LogP) is 0.879. The molecule has 0 amide bonds. The maximum atomic E-state index is 12.2. The molecule has 0 aliphatic carbocycles. The van der Waals surface area contributed by atoms with E-state index < -0.39 is 6.67 Å². The second-order valence-electron chi connectivity index (χ2n) is 4.27. The first-order chi connectivity index (χ1) is 9.24. The number of hydrazine groups is 1. The van der Waals surface area contributed by atoms with Crippen LogP contribution in [0.5, 0.6) is 5.75 Å². The first-order valence-corrected chi connectivity index (χ1v) is 6.25. The number of alkyl halides is 1. The highest BCUT2D eigenvalue weighted by atomic mass is 19.1. The zero-order chi connectivity index (χ0) is 13.7. The van der Waals surface area contributed by atoms with Crippen molar-refractivity contribution < 1.29 is 9.13 Å². The molecule has 1 aromatic rings. The molecule has 104 valence electrons. The fraction of sp³-hybridized carbons (Fsp3) is 0.385. The van der Waals surface area contributed by atoms with E-state index in [4.69, 9.17) is 16.3 Å². The highest BCUT2D eigenvalue weighted by Gasteiger charge is 2.18. The van der Waals surface area contributed by atoms with Crippen LogP contribution < -0.4 is 26.6 Å². The van der Waals surface area contributed by atoms with Crippen molar-refractivity contribution in [3.63, 3.8) is 0 Å². The van der Waals surface area contributed by atoms with E-state index in [1.807, 2.05) is 18.2 Å². The van der Waals surface area contributed by atoms with E-state index in [9.17, 15) is 4.39 Å². The lowest BCUT2D eigenvalue weighted by molar-refractivity contribution is 0.273. The van der Waals surface area contributed by atoms with E-state index in [2.05, 4.69) is 5.32 Å². The number of ether oxygens (including phenoxy) is 1. The molecule has 2 rings (SSSR count). The quantitative estimate of drug-likeness (QED) is 0.545. The number of benzene rings is 1. The van der Waals surface area contributed by atoms with Crippen LogP contribution in [0.25, 0.3) is 0 Å². The molecule has 5 N–H and O–H groups in total. The Hall–Kier alpha value is -1.79. The van der Waals surface area contributed by atoms with Crippen molar-refractivity contribution in [2.24, 2.45) is 11.6 Å². The van der Waals surface area contributed by atoms with Crippen molar-refractivity contribution in [2.75, 3.05) is 31.4 Å². The molecular formula is C13H19FN4O. The Morgan fingerprint density at radius 1 is 1.37 bits per heavy atom. The average Bonchev–Trinajstić information content (AvgIpc) is 2.45. The van der Waals surface area contributed by atoms with Gasteiger partial charge in [-0.1, -0.05) is 12.1 Å². The molecule has 0 fully saturated rings. The molecule has 0 saturated carbocycles. The van der Waals surface area contributed by atoms with Gasteiger partial charge < -0.3 is 15.8 Å². The average molecular weight is 266 g/mol. The summed E-state index contributed by atoms with van der Waals surface area (Å²) in [7, 11) is 0. The zero-order valence-corrected chi connectivity index (χ0v) is 10.7. The lowest BCUT2D eigenvalue weighted by Gasteiger charge is -2.28. The van der Waals surface area contributed by atoms with E-state index >= 15 is 0 Å². The Morgan fingerprint density at radius 3 is 2.89 bits per heavy atom. The monoisotopic (exact) mass is 266 g/mol. The van der Waals surface area contributed by atoms with Crippen molar-refractivity contribution in [2.45, 2.75) is 6.42 Å². The Balaban J connectivity index is 2.25. The number of para-hydroxylation sites is 2. The van der Waals surface area contributed by atoms with Crippen LogP contribution >= 0.6 is 0 Å². The van der Waals surface area contributed by atoms with Crippen LogP contribution in [0.2, 0.25) is 0 Å². The summed E-state index contributed by atoms with van der Waals surface area (Å²) in [5.41, 5.74) is 8.24. The van der Waals surface area contributed by atoms with E-state index in [1.54, 1.807) is 6.07 Å². The topological polar surface area (TPSA) is 76.5 Å². The Bertz CT molecular complexity index is 464. The van der Waals surface area contributed by atoms with Crippen molar-refractivity contribution in [1.82, 2.24) is 5.32 Å². The highest BCUT2D eigenvalue weighted by Crippen LogP contribution is 2.30. The second kappa shape index (κ2) is 6.40. The van der Waals surface area contributed by atoms with Crippen LogP contribution in [0.3, 0.4) is 0 Å². The Morgan fingerprint density at radius 2 is 2.16 bits per heavy atom. The first-order valence-electron chi connectivity index (χ1n) is 6.25. The molecule has 6 heteroatoms. The van der Waals surface area contributed by atoms with Gasteiger partial charge in [-0.05, 0) is 12.1 Å². The standard InChI is InChI=1S/C13H19FN4O/c14-6-8-19-13-4-2-1-3-12(13)18(16)11-5-7-17-9-10(11)15/h1-4,17H,5-9,15-16H2. The van der Waals surface area contributed by atoms with Gasteiger partial charge in [0.05, 0.1) is 11.4 Å². The number of hydrogen-bond acceptors (Lipinski definition) is 5. The molecule has 0 aromatic heterocycles. The summed E-state index contributed by atoms with van der Waals surface area (Å²) in [4.78, 5) is 0. The molecule has 1 aliphatic rings. The number of nitrogens with zero attached hydrogens (tertiary/aromatic N) is 1. The smallest absolute Gasteiger partial charge is 0.144 e. The summed E-state index contributed by atoms with van der Waals surface area (Å²) >= 11 is 0. The molecule has 1 aromatic carbocycles. The third kappa shape index (κ3) is 3.15. The van der Waals surface area contributed by atoms with Crippen molar-refractivity contribution in [3.05, 3.63) is 35.7 Å². The van der Waals surface area contributed by atoms with Crippen LogP contribution in [0.4, 0.5) is 10.1 Å². The largest absolute Gasteiger partial charge is 0.489 e. The van der Waals surface area contributed by atoms with Gasteiger partial charge in [0.2, 0.25) is 0 Å². The van der Waals surface area contributed by atoms with E-state index in [-0.39, 0.29) is 6.61 Å². The van der Waals surface area contributed by atoms with Crippen molar-refractivity contribution in [1.29, 1.82) is 0 Å². The molecule has 0 radical (unpaired) electrons. The molecule has 0 unspecified atom stereocenters. The number of nitrogens with one attached hydrogen (secondary N) is 1. The Kier molecular flexibility index (Phi) is 4.59. The molecule has 1 aliphatic heterocycles. The fourth-order valence-corrected chi connectivity index (χ4v) is 2.04. The zero-order valence-electron chi connectivity index (χ0n) is 10.7. The number of halogens is 1. The van der Waals surface area contributed by atoms with Crippen LogP contribution in [0, 0.1) is 0 Å². The first kappa shape index (κ1) is 13.6. The number of anilines is 1. The summed E-state index contributed by atoms with van der Waals surface area (Å²) in [6, 6.07) is 7.28. The lowest BCUT2D eigenvalue weighted by atomic mass is 10.1. The fourth-order valence-electron chi connectivity index (χ4n) is 2.04. The maximum absolute atomic E-state index is 12.2. The van der Waals surface area contributed by atoms with Gasteiger partial charge in [-0.3, -0.25) is 5.01 Å². The molecule has 1 heterocycles. The van der Waals surface area contributed by atoms with Gasteiger partial charge in [0, 0.05) is 25.2 Å². The molecule has 0 bridgehead atoms. The molecular weight excluding hydrogens is 247 g/mol. The van der Waals surface area contributed by atoms with Gasteiger partial charge in [0.25, 0.3) is 0 Å². The van der Waals surface area contributed by atoms with Crippen molar-refractivity contribution in [3.8, 4) is 5.75 Å². The second-order valence-corrected chi connectivity index (χ2v) is 4.27. The SMILES string of the molecule is NC1=C(N(N)c2ccccc2OCCF)CCNC1. The summed E-state index contributed by atoms with van der Waals surface area (Å²) < 4.78 is 17.6. The van der Waals surface area contributed by atoms with Gasteiger partial charge in [-0.25, -0.2) is 10.2 Å². The third-order valence-electron chi connectivity index (χ3n) is 2.98. The minimum Gasteiger partial charge on any atom is -0.489 e. The van der Waals surface area contributed by atoms with E-state index in [1.165, 1.54) is 5.01 Å². The lowest BCUT2D eigenvalue weighted by Crippen LogP contribution is -2.39. The summed E-state index contributed by atoms with van der Waals surface area (Å²) in [6.45, 7) is 0.933. The molecule has 0 saturated heterocycles. The summed E-state index contributed by atoms with van der Waals surface area (Å²) in [5.74, 6) is 6.68. The molecule has 0 spiro atoms. The van der Waals surface area contributed by atoms with Crippen molar-refractivity contribution >= 4 is 5.69 Å². The van der Waals surface area contributed by atoms with Gasteiger partial charge in [-0.15, -0.1) is 0 Å². The number of hydrogen-bond donors (Lipinski definition) is 3. The van der Waals surface area contributed by atoms with Crippen LogP contribution in [-0.4, -0.2) is 26.4 Å². The molecule has 5 nitrogen and oxygen atoms in total. The number of nitrogens with two attached hydrogens (primary N) is 2. The minimum atomic E-state index is -0.534. The van der Waals surface area contributed by atoms with Gasteiger partial charge in [0.1, 0.15) is 19.0 Å². The van der Waals surface area contributed by atoms with Gasteiger partial charge >= 0.3 is 0 Å². The van der Waals surface area contributed by atoms with E-state index in [0.717, 1.165) is 18.7 Å². The van der Waals surface area contributed by atoms with Crippen LogP contribution in [-0.2, 0) is 0 Å². The van der Waals surface area contributed by atoms with Gasteiger partial charge in [-0.2, -0.15) is 0 Å². The van der Waals surface area contributed by atoms with E-state index in [0.29, 0.717) is 23.7 Å². The van der Waals surface area contributed by atoms with Gasteiger partial charge in [0.15, 0.2) is 0 Å². The van der Waals surface area contributed by atoms with Crippen LogP contribution in [0.1, 0.15) is 6.42 Å².